The van der Waals surface area contributed by atoms with Gasteiger partial charge in [0.15, 0.2) is 5.96 Å². The molecule has 0 spiro atoms. The van der Waals surface area contributed by atoms with Crippen molar-refractivity contribution in [3.05, 3.63) is 35.8 Å². The minimum atomic E-state index is 0. The molecule has 0 saturated carbocycles. The summed E-state index contributed by atoms with van der Waals surface area (Å²) in [6, 6.07) is 4.13. The van der Waals surface area contributed by atoms with Crippen LogP contribution in [0, 0.1) is 6.92 Å². The summed E-state index contributed by atoms with van der Waals surface area (Å²) in [6.45, 7) is 6.06. The standard InChI is InChI=1S/C16H25N5.HI/c1-4-5-9-18-16(17-3)19-10-8-14-12-21-11-6-7-13(2)15(21)20-14;/h6-7,11-12H,4-5,8-10H2,1-3H3,(H2,17,18,19);1H. The van der Waals surface area contributed by atoms with Gasteiger partial charge in [-0.1, -0.05) is 19.4 Å². The second kappa shape index (κ2) is 9.66. The molecule has 2 rings (SSSR count). The molecule has 0 bridgehead atoms. The fraction of sp³-hybridized carbons (Fsp3) is 0.500. The Morgan fingerprint density at radius 3 is 2.77 bits per heavy atom. The van der Waals surface area contributed by atoms with E-state index in [0.717, 1.165) is 43.2 Å². The molecule has 0 fully saturated rings. The molecule has 0 amide bonds. The third-order valence-electron chi connectivity index (χ3n) is 3.45. The van der Waals surface area contributed by atoms with Crippen molar-refractivity contribution in [1.29, 1.82) is 0 Å². The molecule has 6 heteroatoms. The fourth-order valence-corrected chi connectivity index (χ4v) is 2.24. The molecule has 0 unspecified atom stereocenters. The van der Waals surface area contributed by atoms with Crippen LogP contribution >= 0.6 is 24.0 Å². The lowest BCUT2D eigenvalue weighted by molar-refractivity contribution is 0.725. The zero-order chi connectivity index (χ0) is 15.1. The average Bonchev–Trinajstić information content (AvgIpc) is 2.90. The van der Waals surface area contributed by atoms with Crippen molar-refractivity contribution in [1.82, 2.24) is 20.0 Å². The third kappa shape index (κ3) is 5.15. The summed E-state index contributed by atoms with van der Waals surface area (Å²) in [5.74, 6) is 0.864. The summed E-state index contributed by atoms with van der Waals surface area (Å²) >= 11 is 0. The number of halogens is 1. The average molecular weight is 415 g/mol. The Hall–Kier alpha value is -1.31. The number of rotatable bonds is 6. The van der Waals surface area contributed by atoms with Gasteiger partial charge in [-0.05, 0) is 25.0 Å². The molecule has 2 heterocycles. The van der Waals surface area contributed by atoms with Gasteiger partial charge in [0.25, 0.3) is 0 Å². The minimum Gasteiger partial charge on any atom is -0.356 e. The second-order valence-electron chi connectivity index (χ2n) is 5.18. The first kappa shape index (κ1) is 18.7. The molecule has 2 aromatic heterocycles. The predicted molar refractivity (Wildman–Crippen MR) is 103 cm³/mol. The van der Waals surface area contributed by atoms with E-state index in [9.17, 15) is 0 Å². The van der Waals surface area contributed by atoms with Crippen LogP contribution < -0.4 is 10.6 Å². The van der Waals surface area contributed by atoms with Crippen LogP contribution in [-0.2, 0) is 6.42 Å². The molecule has 5 nitrogen and oxygen atoms in total. The number of guanidine groups is 1. The van der Waals surface area contributed by atoms with Crippen molar-refractivity contribution in [2.45, 2.75) is 33.1 Å². The van der Waals surface area contributed by atoms with Gasteiger partial charge >= 0.3 is 0 Å². The van der Waals surface area contributed by atoms with Gasteiger partial charge in [-0.2, -0.15) is 0 Å². The zero-order valence-electron chi connectivity index (χ0n) is 13.6. The molecule has 0 aromatic carbocycles. The molecular weight excluding hydrogens is 389 g/mol. The lowest BCUT2D eigenvalue weighted by atomic mass is 10.3. The maximum atomic E-state index is 4.67. The van der Waals surface area contributed by atoms with Gasteiger partial charge in [-0.3, -0.25) is 4.99 Å². The number of aliphatic imine (C=N–C) groups is 1. The Labute approximate surface area is 149 Å². The number of aromatic nitrogens is 2. The Morgan fingerprint density at radius 2 is 2.09 bits per heavy atom. The highest BCUT2D eigenvalue weighted by Gasteiger charge is 2.04. The maximum absolute atomic E-state index is 4.67. The van der Waals surface area contributed by atoms with E-state index in [2.05, 4.69) is 51.1 Å². The highest BCUT2D eigenvalue weighted by atomic mass is 127. The Kier molecular flexibility index (Phi) is 8.22. The first-order chi connectivity index (χ1) is 10.2. The number of imidazole rings is 1. The molecular formula is C16H26IN5. The van der Waals surface area contributed by atoms with Crippen LogP contribution in [0.15, 0.2) is 29.5 Å². The SMILES string of the molecule is CCCCNC(=NC)NCCc1cn2cccc(C)c2n1.I. The van der Waals surface area contributed by atoms with Crippen LogP contribution in [-0.4, -0.2) is 35.5 Å². The lowest BCUT2D eigenvalue weighted by Gasteiger charge is -2.10. The smallest absolute Gasteiger partial charge is 0.190 e. The van der Waals surface area contributed by atoms with Crippen molar-refractivity contribution in [2.24, 2.45) is 4.99 Å². The summed E-state index contributed by atoms with van der Waals surface area (Å²) < 4.78 is 2.08. The quantitative estimate of drug-likeness (QED) is 0.330. The highest BCUT2D eigenvalue weighted by Crippen LogP contribution is 2.09. The van der Waals surface area contributed by atoms with Gasteiger partial charge in [-0.15, -0.1) is 24.0 Å². The topological polar surface area (TPSA) is 53.7 Å². The molecule has 0 atom stereocenters. The van der Waals surface area contributed by atoms with Crippen molar-refractivity contribution in [3.8, 4) is 0 Å². The van der Waals surface area contributed by atoms with Crippen LogP contribution in [0.3, 0.4) is 0 Å². The van der Waals surface area contributed by atoms with Crippen molar-refractivity contribution in [2.75, 3.05) is 20.1 Å². The molecule has 0 aliphatic rings. The number of nitrogens with zero attached hydrogens (tertiary/aromatic N) is 3. The summed E-state index contributed by atoms with van der Waals surface area (Å²) in [5, 5.41) is 6.63. The van der Waals surface area contributed by atoms with Crippen molar-refractivity contribution in [3.63, 3.8) is 0 Å². The highest BCUT2D eigenvalue weighted by molar-refractivity contribution is 14.0. The van der Waals surface area contributed by atoms with E-state index in [1.54, 1.807) is 7.05 Å². The molecule has 2 aromatic rings. The van der Waals surface area contributed by atoms with Crippen molar-refractivity contribution < 1.29 is 0 Å². The van der Waals surface area contributed by atoms with Gasteiger partial charge in [0.1, 0.15) is 5.65 Å². The van der Waals surface area contributed by atoms with E-state index in [4.69, 9.17) is 0 Å². The van der Waals surface area contributed by atoms with E-state index in [1.165, 1.54) is 12.0 Å². The third-order valence-corrected chi connectivity index (χ3v) is 3.45. The number of hydrogen-bond acceptors (Lipinski definition) is 2. The Bertz CT molecular complexity index is 606. The van der Waals surface area contributed by atoms with Crippen LogP contribution in [0.25, 0.3) is 5.65 Å². The van der Waals surface area contributed by atoms with Crippen LogP contribution in [0.2, 0.25) is 0 Å². The largest absolute Gasteiger partial charge is 0.356 e. The summed E-state index contributed by atoms with van der Waals surface area (Å²) in [4.78, 5) is 8.89. The number of nitrogens with one attached hydrogen (secondary N) is 2. The van der Waals surface area contributed by atoms with Gasteiger partial charge in [0, 0.05) is 39.0 Å². The van der Waals surface area contributed by atoms with E-state index in [0.29, 0.717) is 0 Å². The monoisotopic (exact) mass is 415 g/mol. The van der Waals surface area contributed by atoms with E-state index in [-0.39, 0.29) is 24.0 Å². The van der Waals surface area contributed by atoms with Gasteiger partial charge < -0.3 is 15.0 Å². The lowest BCUT2D eigenvalue weighted by Crippen LogP contribution is -2.38. The van der Waals surface area contributed by atoms with Gasteiger partial charge in [0.2, 0.25) is 0 Å². The van der Waals surface area contributed by atoms with Crippen LogP contribution in [0.1, 0.15) is 31.0 Å². The van der Waals surface area contributed by atoms with Crippen LogP contribution in [0.4, 0.5) is 0 Å². The first-order valence-electron chi connectivity index (χ1n) is 7.62. The number of fused-ring (bicyclic) bond motifs is 1. The predicted octanol–water partition coefficient (Wildman–Crippen LogP) is 2.77. The number of unbranched alkanes of at least 4 members (excludes halogenated alkanes) is 1. The molecule has 22 heavy (non-hydrogen) atoms. The van der Waals surface area contributed by atoms with E-state index >= 15 is 0 Å². The molecule has 122 valence electrons. The minimum absolute atomic E-state index is 0. The Balaban J connectivity index is 0.00000242. The van der Waals surface area contributed by atoms with Gasteiger partial charge in [0.05, 0.1) is 5.69 Å². The number of aryl methyl sites for hydroxylation is 1. The summed E-state index contributed by atoms with van der Waals surface area (Å²) in [6.07, 6.45) is 7.36. The molecule has 0 aliphatic carbocycles. The Morgan fingerprint density at radius 1 is 1.32 bits per heavy atom. The van der Waals surface area contributed by atoms with E-state index in [1.807, 2.05) is 12.3 Å². The normalized spacial score (nSPS) is 11.3. The first-order valence-corrected chi connectivity index (χ1v) is 7.62. The van der Waals surface area contributed by atoms with E-state index < -0.39 is 0 Å². The molecule has 2 N–H and O–H groups in total. The molecule has 0 saturated heterocycles. The molecule has 0 radical (unpaired) electrons. The molecule has 0 aliphatic heterocycles. The van der Waals surface area contributed by atoms with Crippen molar-refractivity contribution >= 4 is 35.6 Å². The van der Waals surface area contributed by atoms with Gasteiger partial charge in [-0.25, -0.2) is 4.98 Å². The number of hydrogen-bond donors (Lipinski definition) is 2. The number of pyridine rings is 1. The van der Waals surface area contributed by atoms with Crippen LogP contribution in [0.5, 0.6) is 0 Å². The summed E-state index contributed by atoms with van der Waals surface area (Å²) in [7, 11) is 1.80. The zero-order valence-corrected chi connectivity index (χ0v) is 15.9. The summed E-state index contributed by atoms with van der Waals surface area (Å²) in [5.41, 5.74) is 3.34. The maximum Gasteiger partial charge on any atom is 0.190 e. The fourth-order valence-electron chi connectivity index (χ4n) is 2.24. The second-order valence-corrected chi connectivity index (χ2v) is 5.18.